The fourth-order valence-corrected chi connectivity index (χ4v) is 8.21. The number of halogens is 6. The van der Waals surface area contributed by atoms with E-state index in [0.29, 0.717) is 20.6 Å². The van der Waals surface area contributed by atoms with Crippen molar-refractivity contribution in [2.24, 2.45) is 0 Å². The van der Waals surface area contributed by atoms with Crippen LogP contribution in [0.2, 0.25) is 10.0 Å². The lowest BCUT2D eigenvalue weighted by atomic mass is 10.1. The first-order valence-electron chi connectivity index (χ1n) is 16.1. The number of aromatic nitrogens is 2. The molecule has 8 rings (SSSR count). The average molecular weight is 850 g/mol. The Morgan fingerprint density at radius 3 is 1.79 bits per heavy atom. The zero-order valence-corrected chi connectivity index (χ0v) is 31.1. The molecule has 0 aliphatic carbocycles. The number of carboxylic acids is 2. The van der Waals surface area contributed by atoms with Gasteiger partial charge in [0.05, 0.1) is 62.3 Å². The number of benzene rings is 4. The number of hydrogen-bond donors (Lipinski definition) is 2. The number of carboxylic acid groups (broad SMARTS) is 2. The highest BCUT2D eigenvalue weighted by atomic mass is 35.5. The molecular weight excluding hydrogens is 827 g/mol. The Morgan fingerprint density at radius 2 is 1.25 bits per heavy atom. The van der Waals surface area contributed by atoms with Crippen LogP contribution in [0.5, 0.6) is 11.5 Å². The second-order valence-corrected chi connectivity index (χ2v) is 15.1. The molecule has 4 heterocycles. The van der Waals surface area contributed by atoms with Crippen LogP contribution < -0.4 is 19.3 Å². The van der Waals surface area contributed by atoms with Gasteiger partial charge in [0.15, 0.2) is 12.2 Å². The Labute approximate surface area is 330 Å². The zero-order chi connectivity index (χ0) is 40.0. The normalized spacial score (nSPS) is 16.2. The quantitative estimate of drug-likeness (QED) is 0.144. The molecule has 2 aliphatic heterocycles. The number of hydrogen-bond acceptors (Lipinski definition) is 10. The monoisotopic (exact) mass is 848 g/mol. The van der Waals surface area contributed by atoms with Crippen LogP contribution in [0.1, 0.15) is 22.9 Å². The molecule has 288 valence electrons. The van der Waals surface area contributed by atoms with E-state index in [9.17, 15) is 36.7 Å². The van der Waals surface area contributed by atoms with Gasteiger partial charge in [0.2, 0.25) is 0 Å². The summed E-state index contributed by atoms with van der Waals surface area (Å²) < 4.78 is 66.6. The van der Waals surface area contributed by atoms with Gasteiger partial charge in [-0.3, -0.25) is 29.0 Å². The standard InChI is InChI=1S/C18H11Cl2FN2O4S.C18H11F3N2O4S/c19-9-2-4-13-17(16(9)20)22-14(28-13)7-23-10-5-8(21)1-3-11(10)27-12(18(23)26)6-15(24)25;19-8-1-2-13-12(5-8)23(18(26)14(27-13)6-16(24)25)7-15-22-11-4-9(20)3-10(21)17(11)28-15/h1-5,12H,6-7H2,(H,24,25);1-5,14H,6-7H2,(H,24,25). The third-order valence-corrected chi connectivity index (χ3v) is 11.2. The number of amides is 2. The summed E-state index contributed by atoms with van der Waals surface area (Å²) in [5.41, 5.74) is 0.934. The van der Waals surface area contributed by atoms with Crippen molar-refractivity contribution in [2.75, 3.05) is 9.80 Å². The van der Waals surface area contributed by atoms with E-state index in [1.165, 1.54) is 40.5 Å². The number of rotatable bonds is 8. The van der Waals surface area contributed by atoms with Gasteiger partial charge < -0.3 is 19.7 Å². The van der Waals surface area contributed by atoms with Crippen molar-refractivity contribution in [3.8, 4) is 11.5 Å². The van der Waals surface area contributed by atoms with Gasteiger partial charge in [0.25, 0.3) is 11.8 Å². The number of thiazole rings is 2. The van der Waals surface area contributed by atoms with Crippen molar-refractivity contribution in [3.63, 3.8) is 0 Å². The van der Waals surface area contributed by atoms with Gasteiger partial charge >= 0.3 is 11.9 Å². The molecule has 0 radical (unpaired) electrons. The van der Waals surface area contributed by atoms with Crippen molar-refractivity contribution in [1.29, 1.82) is 0 Å². The predicted molar refractivity (Wildman–Crippen MR) is 198 cm³/mol. The average Bonchev–Trinajstić information content (AvgIpc) is 3.74. The number of nitrogens with zero attached hydrogens (tertiary/aromatic N) is 4. The van der Waals surface area contributed by atoms with Crippen LogP contribution in [-0.2, 0) is 32.3 Å². The zero-order valence-electron chi connectivity index (χ0n) is 28.0. The summed E-state index contributed by atoms with van der Waals surface area (Å²) in [6.07, 6.45) is -3.58. The van der Waals surface area contributed by atoms with Gasteiger partial charge in [0.1, 0.15) is 50.3 Å². The molecule has 2 aromatic heterocycles. The first-order chi connectivity index (χ1) is 26.6. The minimum Gasteiger partial charge on any atom is -0.481 e. The van der Waals surface area contributed by atoms with Crippen molar-refractivity contribution in [2.45, 2.75) is 38.1 Å². The van der Waals surface area contributed by atoms with Crippen molar-refractivity contribution in [3.05, 3.63) is 104 Å². The molecule has 0 spiro atoms. The molecular formula is C36H22Cl2F4N4O8S2. The van der Waals surface area contributed by atoms with Crippen LogP contribution in [0, 0.1) is 23.3 Å². The first kappa shape index (κ1) is 38.7. The largest absolute Gasteiger partial charge is 0.481 e. The maximum atomic E-state index is 13.9. The topological polar surface area (TPSA) is 159 Å². The molecule has 20 heteroatoms. The summed E-state index contributed by atoms with van der Waals surface area (Å²) in [7, 11) is 0. The molecule has 0 saturated carbocycles. The maximum absolute atomic E-state index is 13.9. The molecule has 2 unspecified atom stereocenters. The van der Waals surface area contributed by atoms with Crippen molar-refractivity contribution < 1.29 is 56.4 Å². The van der Waals surface area contributed by atoms with E-state index < -0.39 is 72.1 Å². The van der Waals surface area contributed by atoms with E-state index in [0.717, 1.165) is 45.2 Å². The number of carbonyl (C=O) groups excluding carboxylic acids is 2. The van der Waals surface area contributed by atoms with Crippen LogP contribution in [0.15, 0.2) is 60.7 Å². The maximum Gasteiger partial charge on any atom is 0.307 e. The Kier molecular flexibility index (Phi) is 10.7. The van der Waals surface area contributed by atoms with Gasteiger partial charge in [-0.05, 0) is 36.4 Å². The molecule has 2 N–H and O–H groups in total. The van der Waals surface area contributed by atoms with Gasteiger partial charge in [-0.25, -0.2) is 27.5 Å². The van der Waals surface area contributed by atoms with Gasteiger partial charge in [-0.1, -0.05) is 23.2 Å². The molecule has 4 aromatic carbocycles. The Balaban J connectivity index is 0.000000172. The van der Waals surface area contributed by atoms with Crippen molar-refractivity contribution >= 4 is 101 Å². The molecule has 56 heavy (non-hydrogen) atoms. The summed E-state index contributed by atoms with van der Waals surface area (Å²) in [6, 6.07) is 12.5. The second-order valence-electron chi connectivity index (χ2n) is 12.1. The number of fused-ring (bicyclic) bond motifs is 4. The molecule has 6 aromatic rings. The third-order valence-electron chi connectivity index (χ3n) is 8.30. The Hall–Kier alpha value is -5.56. The van der Waals surface area contributed by atoms with Crippen LogP contribution in [0.4, 0.5) is 28.9 Å². The summed E-state index contributed by atoms with van der Waals surface area (Å²) in [5, 5.41) is 19.6. The minimum atomic E-state index is -1.29. The number of aliphatic carboxylic acids is 2. The van der Waals surface area contributed by atoms with E-state index in [1.54, 1.807) is 12.1 Å². The molecule has 0 fully saturated rings. The van der Waals surface area contributed by atoms with Crippen LogP contribution in [0.3, 0.4) is 0 Å². The van der Waals surface area contributed by atoms with E-state index in [2.05, 4.69) is 9.97 Å². The molecule has 0 bridgehead atoms. The van der Waals surface area contributed by atoms with Gasteiger partial charge in [-0.2, -0.15) is 0 Å². The lowest BCUT2D eigenvalue weighted by molar-refractivity contribution is -0.143. The molecule has 0 saturated heterocycles. The highest BCUT2D eigenvalue weighted by molar-refractivity contribution is 7.19. The van der Waals surface area contributed by atoms with E-state index in [-0.39, 0.29) is 51.2 Å². The number of carbonyl (C=O) groups is 4. The van der Waals surface area contributed by atoms with E-state index in [4.69, 9.17) is 42.9 Å². The predicted octanol–water partition coefficient (Wildman–Crippen LogP) is 7.99. The second kappa shape index (κ2) is 15.5. The highest BCUT2D eigenvalue weighted by Crippen LogP contribution is 2.40. The Bertz CT molecular complexity index is 2500. The lowest BCUT2D eigenvalue weighted by Crippen LogP contribution is -2.46. The number of ether oxygens (including phenoxy) is 2. The molecule has 2 atom stereocenters. The van der Waals surface area contributed by atoms with Gasteiger partial charge in [0, 0.05) is 24.3 Å². The van der Waals surface area contributed by atoms with E-state index in [1.807, 2.05) is 0 Å². The molecule has 2 aliphatic rings. The number of anilines is 2. The fraction of sp³-hybridized carbons (Fsp3) is 0.167. The third kappa shape index (κ3) is 7.90. The first-order valence-corrected chi connectivity index (χ1v) is 18.5. The minimum absolute atomic E-state index is 0.0159. The van der Waals surface area contributed by atoms with E-state index >= 15 is 0 Å². The summed E-state index contributed by atoms with van der Waals surface area (Å²) in [6.45, 7) is -0.156. The van der Waals surface area contributed by atoms with Crippen LogP contribution >= 0.6 is 45.9 Å². The summed E-state index contributed by atoms with van der Waals surface area (Å²) in [4.78, 5) is 58.7. The van der Waals surface area contributed by atoms with Crippen LogP contribution in [-0.4, -0.2) is 56.1 Å². The fourth-order valence-electron chi connectivity index (χ4n) is 5.89. The summed E-state index contributed by atoms with van der Waals surface area (Å²) >= 11 is 14.4. The van der Waals surface area contributed by atoms with Crippen molar-refractivity contribution in [1.82, 2.24) is 9.97 Å². The SMILES string of the molecule is O=C(O)CC1Oc2ccc(F)cc2N(Cc2nc3c(Cl)c(Cl)ccc3s2)C1=O.O=C(O)CC1Oc2ccc(F)cc2N(Cc2nc3cc(F)cc(F)c3s2)C1=O. The smallest absolute Gasteiger partial charge is 0.307 e. The van der Waals surface area contributed by atoms with Crippen LogP contribution in [0.25, 0.3) is 20.4 Å². The molecule has 12 nitrogen and oxygen atoms in total. The highest BCUT2D eigenvalue weighted by Gasteiger charge is 2.38. The summed E-state index contributed by atoms with van der Waals surface area (Å²) in [5.74, 6) is -6.02. The van der Waals surface area contributed by atoms with Gasteiger partial charge in [-0.15, -0.1) is 22.7 Å². The Morgan fingerprint density at radius 1 is 0.714 bits per heavy atom. The molecule has 2 amide bonds. The lowest BCUT2D eigenvalue weighted by Gasteiger charge is -2.33.